The molecule has 0 unspecified atom stereocenters. The summed E-state index contributed by atoms with van der Waals surface area (Å²) in [4.78, 5) is 13.6. The highest BCUT2D eigenvalue weighted by atomic mass is 35.5. The van der Waals surface area contributed by atoms with Gasteiger partial charge >= 0.3 is 0 Å². The van der Waals surface area contributed by atoms with Gasteiger partial charge in [0.2, 0.25) is 5.91 Å². The highest BCUT2D eigenvalue weighted by molar-refractivity contribution is 6.36. The molecule has 0 aliphatic carbocycles. The molecule has 0 saturated carbocycles. The Morgan fingerprint density at radius 2 is 1.81 bits per heavy atom. The van der Waals surface area contributed by atoms with E-state index >= 15 is 0 Å². The molecule has 4 heteroatoms. The Balaban J connectivity index is 3.06. The molecular weight excluding hydrogens is 245 g/mol. The topological polar surface area (TPSA) is 20.3 Å². The van der Waals surface area contributed by atoms with Gasteiger partial charge in [-0.2, -0.15) is 0 Å². The lowest BCUT2D eigenvalue weighted by Crippen LogP contribution is -2.36. The summed E-state index contributed by atoms with van der Waals surface area (Å²) in [7, 11) is 1.71. The number of hydrogen-bond acceptors (Lipinski definition) is 1. The highest BCUT2D eigenvalue weighted by Gasteiger charge is 2.26. The van der Waals surface area contributed by atoms with Crippen LogP contribution in [-0.4, -0.2) is 13.0 Å². The van der Waals surface area contributed by atoms with Crippen molar-refractivity contribution < 1.29 is 4.79 Å². The third kappa shape index (κ3) is 2.89. The molecule has 1 aromatic rings. The zero-order valence-corrected chi connectivity index (χ0v) is 11.4. The van der Waals surface area contributed by atoms with E-state index in [4.69, 9.17) is 23.2 Å². The van der Waals surface area contributed by atoms with Crippen LogP contribution in [0.4, 0.5) is 5.69 Å². The molecule has 16 heavy (non-hydrogen) atoms. The van der Waals surface area contributed by atoms with Crippen LogP contribution in [0.2, 0.25) is 10.0 Å². The zero-order chi connectivity index (χ0) is 12.5. The molecule has 0 spiro atoms. The van der Waals surface area contributed by atoms with Crippen molar-refractivity contribution in [1.82, 2.24) is 0 Å². The first kappa shape index (κ1) is 13.3. The smallest absolute Gasteiger partial charge is 0.232 e. The van der Waals surface area contributed by atoms with Crippen LogP contribution in [-0.2, 0) is 4.79 Å². The fourth-order valence-electron chi connectivity index (χ4n) is 1.37. The summed E-state index contributed by atoms with van der Waals surface area (Å²) in [6.45, 7) is 5.61. The second-order valence-electron chi connectivity index (χ2n) is 4.71. The molecule has 0 N–H and O–H groups in total. The van der Waals surface area contributed by atoms with Crippen molar-refractivity contribution in [3.8, 4) is 0 Å². The Hall–Kier alpha value is -0.730. The van der Waals surface area contributed by atoms with Crippen LogP contribution in [0.1, 0.15) is 20.8 Å². The highest BCUT2D eigenvalue weighted by Crippen LogP contribution is 2.30. The number of carbonyl (C=O) groups excluding carboxylic acids is 1. The number of nitrogens with zero attached hydrogens (tertiary/aromatic N) is 1. The standard InChI is InChI=1S/C12H15Cl2NO/c1-12(2,3)11(16)15(4)10-6-5-8(13)7-9(10)14/h5-7H,1-4H3. The van der Waals surface area contributed by atoms with Gasteiger partial charge in [-0.25, -0.2) is 0 Å². The molecule has 0 saturated heterocycles. The van der Waals surface area contributed by atoms with E-state index in [0.717, 1.165) is 0 Å². The van der Waals surface area contributed by atoms with Crippen LogP contribution >= 0.6 is 23.2 Å². The fraction of sp³-hybridized carbons (Fsp3) is 0.417. The molecule has 0 aliphatic heterocycles. The third-order valence-electron chi connectivity index (χ3n) is 2.22. The molecule has 0 fully saturated rings. The lowest BCUT2D eigenvalue weighted by Gasteiger charge is -2.26. The van der Waals surface area contributed by atoms with E-state index in [9.17, 15) is 4.79 Å². The van der Waals surface area contributed by atoms with Gasteiger partial charge in [0, 0.05) is 17.5 Å². The van der Waals surface area contributed by atoms with Crippen molar-refractivity contribution >= 4 is 34.8 Å². The number of rotatable bonds is 1. The average Bonchev–Trinajstić information content (AvgIpc) is 2.14. The van der Waals surface area contributed by atoms with Crippen LogP contribution in [0.3, 0.4) is 0 Å². The van der Waals surface area contributed by atoms with Gasteiger partial charge in [-0.05, 0) is 18.2 Å². The summed E-state index contributed by atoms with van der Waals surface area (Å²) in [6.07, 6.45) is 0. The lowest BCUT2D eigenvalue weighted by molar-refractivity contribution is -0.125. The second-order valence-corrected chi connectivity index (χ2v) is 5.55. The third-order valence-corrected chi connectivity index (χ3v) is 2.76. The largest absolute Gasteiger partial charge is 0.314 e. The van der Waals surface area contributed by atoms with E-state index in [1.807, 2.05) is 20.8 Å². The van der Waals surface area contributed by atoms with Crippen molar-refractivity contribution in [2.45, 2.75) is 20.8 Å². The van der Waals surface area contributed by atoms with Crippen LogP contribution in [0, 0.1) is 5.41 Å². The Bertz CT molecular complexity index is 410. The van der Waals surface area contributed by atoms with Gasteiger partial charge in [0.15, 0.2) is 0 Å². The molecule has 1 aromatic carbocycles. The number of carbonyl (C=O) groups is 1. The Labute approximate surface area is 106 Å². The molecule has 0 radical (unpaired) electrons. The Kier molecular flexibility index (Phi) is 3.87. The van der Waals surface area contributed by atoms with Crippen LogP contribution < -0.4 is 4.90 Å². The number of amides is 1. The van der Waals surface area contributed by atoms with Crippen molar-refractivity contribution in [3.05, 3.63) is 28.2 Å². The van der Waals surface area contributed by atoms with Crippen LogP contribution in [0.15, 0.2) is 18.2 Å². The van der Waals surface area contributed by atoms with Gasteiger partial charge in [0.05, 0.1) is 10.7 Å². The predicted molar refractivity (Wildman–Crippen MR) is 69.3 cm³/mol. The lowest BCUT2D eigenvalue weighted by atomic mass is 9.95. The molecule has 1 rings (SSSR count). The molecule has 0 atom stereocenters. The molecule has 1 amide bonds. The van der Waals surface area contributed by atoms with Gasteiger partial charge in [-0.3, -0.25) is 4.79 Å². The van der Waals surface area contributed by atoms with Gasteiger partial charge < -0.3 is 4.90 Å². The SMILES string of the molecule is CN(C(=O)C(C)(C)C)c1ccc(Cl)cc1Cl. The predicted octanol–water partition coefficient (Wildman–Crippen LogP) is 4.00. The number of benzene rings is 1. The Morgan fingerprint density at radius 1 is 1.25 bits per heavy atom. The maximum absolute atomic E-state index is 12.0. The summed E-state index contributed by atoms with van der Waals surface area (Å²) < 4.78 is 0. The van der Waals surface area contributed by atoms with E-state index in [2.05, 4.69) is 0 Å². The maximum atomic E-state index is 12.0. The maximum Gasteiger partial charge on any atom is 0.232 e. The molecule has 88 valence electrons. The molecule has 2 nitrogen and oxygen atoms in total. The Morgan fingerprint density at radius 3 is 2.25 bits per heavy atom. The summed E-state index contributed by atoms with van der Waals surface area (Å²) in [5.41, 5.74) is 0.239. The van der Waals surface area contributed by atoms with E-state index < -0.39 is 5.41 Å². The van der Waals surface area contributed by atoms with E-state index in [0.29, 0.717) is 15.7 Å². The first-order valence-corrected chi connectivity index (χ1v) is 5.72. The quantitative estimate of drug-likeness (QED) is 0.747. The number of anilines is 1. The van der Waals surface area contributed by atoms with Gasteiger partial charge in [-0.1, -0.05) is 44.0 Å². The first-order valence-electron chi connectivity index (χ1n) is 4.96. The van der Waals surface area contributed by atoms with E-state index in [1.165, 1.54) is 0 Å². The minimum Gasteiger partial charge on any atom is -0.314 e. The molecule has 0 bridgehead atoms. The zero-order valence-electron chi connectivity index (χ0n) is 9.84. The minimum absolute atomic E-state index is 0.0109. The monoisotopic (exact) mass is 259 g/mol. The number of hydrogen-bond donors (Lipinski definition) is 0. The minimum atomic E-state index is -0.433. The van der Waals surface area contributed by atoms with Gasteiger partial charge in [0.25, 0.3) is 0 Å². The van der Waals surface area contributed by atoms with E-state index in [1.54, 1.807) is 30.1 Å². The van der Waals surface area contributed by atoms with Crippen LogP contribution in [0.25, 0.3) is 0 Å². The molecule has 0 heterocycles. The summed E-state index contributed by atoms with van der Waals surface area (Å²) >= 11 is 11.8. The van der Waals surface area contributed by atoms with E-state index in [-0.39, 0.29) is 5.91 Å². The van der Waals surface area contributed by atoms with Crippen LogP contribution in [0.5, 0.6) is 0 Å². The molecule has 0 aromatic heterocycles. The molecular formula is C12H15Cl2NO. The normalized spacial score (nSPS) is 11.4. The number of halogens is 2. The van der Waals surface area contributed by atoms with Crippen molar-refractivity contribution in [2.24, 2.45) is 5.41 Å². The van der Waals surface area contributed by atoms with Crippen molar-refractivity contribution in [2.75, 3.05) is 11.9 Å². The first-order chi connectivity index (χ1) is 7.23. The average molecular weight is 260 g/mol. The van der Waals surface area contributed by atoms with Crippen molar-refractivity contribution in [3.63, 3.8) is 0 Å². The fourth-order valence-corrected chi connectivity index (χ4v) is 1.90. The van der Waals surface area contributed by atoms with Crippen molar-refractivity contribution in [1.29, 1.82) is 0 Å². The molecule has 0 aliphatic rings. The summed E-state index contributed by atoms with van der Waals surface area (Å²) in [5.74, 6) is 0.0109. The summed E-state index contributed by atoms with van der Waals surface area (Å²) in [6, 6.07) is 5.09. The summed E-state index contributed by atoms with van der Waals surface area (Å²) in [5, 5.41) is 1.04. The second kappa shape index (κ2) is 4.64. The van der Waals surface area contributed by atoms with Gasteiger partial charge in [-0.15, -0.1) is 0 Å². The van der Waals surface area contributed by atoms with Gasteiger partial charge in [0.1, 0.15) is 0 Å².